The van der Waals surface area contributed by atoms with Crippen molar-refractivity contribution in [3.05, 3.63) is 59.7 Å². The number of aryl methyl sites for hydroxylation is 1. The lowest BCUT2D eigenvalue weighted by Gasteiger charge is -2.58. The summed E-state index contributed by atoms with van der Waals surface area (Å²) in [6.07, 6.45) is 2.71. The zero-order valence-electron chi connectivity index (χ0n) is 21.3. The summed E-state index contributed by atoms with van der Waals surface area (Å²) >= 11 is 0. The number of aromatic nitrogens is 5. The van der Waals surface area contributed by atoms with Crippen LogP contribution in [0.25, 0.3) is 22.3 Å². The Morgan fingerprint density at radius 3 is 2.42 bits per heavy atom. The van der Waals surface area contributed by atoms with Crippen LogP contribution in [0, 0.1) is 24.0 Å². The van der Waals surface area contributed by atoms with Crippen molar-refractivity contribution in [2.24, 2.45) is 5.41 Å². The van der Waals surface area contributed by atoms with Gasteiger partial charge < -0.3 is 9.88 Å². The third-order valence-corrected chi connectivity index (χ3v) is 7.32. The van der Waals surface area contributed by atoms with E-state index in [-0.39, 0.29) is 47.0 Å². The first-order chi connectivity index (χ1) is 18.0. The number of hydrogen-bond acceptors (Lipinski definition) is 6. The summed E-state index contributed by atoms with van der Waals surface area (Å²) in [5, 5.41) is 2.97. The molecule has 38 heavy (non-hydrogen) atoms. The summed E-state index contributed by atoms with van der Waals surface area (Å²) in [7, 11) is 0. The number of fused-ring (bicyclic) bond motifs is 1. The maximum absolute atomic E-state index is 14.9. The van der Waals surface area contributed by atoms with Crippen LogP contribution in [0.5, 0.6) is 0 Å². The molecule has 0 atom stereocenters. The molecule has 1 saturated carbocycles. The zero-order chi connectivity index (χ0) is 26.8. The van der Waals surface area contributed by atoms with Gasteiger partial charge in [-0.3, -0.25) is 4.90 Å². The van der Waals surface area contributed by atoms with E-state index in [9.17, 15) is 17.6 Å². The number of pyridine rings is 1. The number of imidazole rings is 1. The predicted octanol–water partition coefficient (Wildman–Crippen LogP) is 6.03. The van der Waals surface area contributed by atoms with E-state index in [2.05, 4.69) is 30.2 Å². The first-order valence-corrected chi connectivity index (χ1v) is 12.5. The van der Waals surface area contributed by atoms with E-state index in [1.165, 1.54) is 6.07 Å². The van der Waals surface area contributed by atoms with Crippen molar-refractivity contribution in [2.75, 3.05) is 18.4 Å². The maximum atomic E-state index is 14.9. The summed E-state index contributed by atoms with van der Waals surface area (Å²) in [6, 6.07) is 6.60. The molecule has 1 N–H and O–H groups in total. The SMILES string of the molecule is Cc1nc2c(F)cc(-c3nc(Nc4ccc(CN5CC6(C5)CC(F)(F)C6)cn4)ncc3F)cc2n1C(C)C. The van der Waals surface area contributed by atoms with Gasteiger partial charge >= 0.3 is 0 Å². The molecule has 4 heterocycles. The lowest BCUT2D eigenvalue weighted by Crippen LogP contribution is -2.65. The van der Waals surface area contributed by atoms with Crippen LogP contribution in [0.15, 0.2) is 36.7 Å². The minimum Gasteiger partial charge on any atom is -0.326 e. The van der Waals surface area contributed by atoms with Crippen LogP contribution in [-0.4, -0.2) is 48.4 Å². The molecule has 0 radical (unpaired) electrons. The molecule has 2 aliphatic rings. The highest BCUT2D eigenvalue weighted by molar-refractivity contribution is 5.83. The summed E-state index contributed by atoms with van der Waals surface area (Å²) in [6.45, 7) is 7.75. The van der Waals surface area contributed by atoms with Crippen LogP contribution in [0.4, 0.5) is 29.3 Å². The van der Waals surface area contributed by atoms with Crippen LogP contribution in [0.2, 0.25) is 0 Å². The Labute approximate surface area is 216 Å². The minimum atomic E-state index is -2.50. The quantitative estimate of drug-likeness (QED) is 0.310. The van der Waals surface area contributed by atoms with Crippen molar-refractivity contribution in [3.8, 4) is 11.3 Å². The van der Waals surface area contributed by atoms with Crippen molar-refractivity contribution in [1.82, 2.24) is 29.4 Å². The third-order valence-electron chi connectivity index (χ3n) is 7.32. The lowest BCUT2D eigenvalue weighted by molar-refractivity contribution is -0.214. The number of benzene rings is 1. The summed E-state index contributed by atoms with van der Waals surface area (Å²) in [5.74, 6) is -2.49. The molecule has 0 amide bonds. The average Bonchev–Trinajstić information content (AvgIpc) is 3.16. The minimum absolute atomic E-state index is 0.0151. The van der Waals surface area contributed by atoms with E-state index in [4.69, 9.17) is 0 Å². The molecular weight excluding hydrogens is 498 g/mol. The molecule has 7 nitrogen and oxygen atoms in total. The largest absolute Gasteiger partial charge is 0.326 e. The highest BCUT2D eigenvalue weighted by Crippen LogP contribution is 2.56. The molecule has 11 heteroatoms. The number of nitrogens with zero attached hydrogens (tertiary/aromatic N) is 6. The van der Waals surface area contributed by atoms with Gasteiger partial charge in [-0.15, -0.1) is 0 Å². The van der Waals surface area contributed by atoms with Gasteiger partial charge in [-0.2, -0.15) is 0 Å². The molecule has 6 rings (SSSR count). The molecule has 4 aromatic rings. The van der Waals surface area contributed by atoms with Crippen LogP contribution >= 0.6 is 0 Å². The van der Waals surface area contributed by atoms with E-state index in [1.807, 2.05) is 24.5 Å². The molecule has 0 unspecified atom stereocenters. The fraction of sp³-hybridized carbons (Fsp3) is 0.407. The van der Waals surface area contributed by atoms with Gasteiger partial charge in [-0.25, -0.2) is 37.5 Å². The number of rotatable bonds is 6. The molecule has 198 valence electrons. The molecule has 1 saturated heterocycles. The molecule has 1 aliphatic carbocycles. The third kappa shape index (κ3) is 4.38. The van der Waals surface area contributed by atoms with Gasteiger partial charge in [0, 0.05) is 55.7 Å². The second-order valence-corrected chi connectivity index (χ2v) is 10.9. The molecule has 2 fully saturated rings. The predicted molar refractivity (Wildman–Crippen MR) is 135 cm³/mol. The van der Waals surface area contributed by atoms with Crippen LogP contribution in [-0.2, 0) is 6.54 Å². The van der Waals surface area contributed by atoms with Crippen molar-refractivity contribution in [3.63, 3.8) is 0 Å². The Morgan fingerprint density at radius 1 is 1.00 bits per heavy atom. The molecule has 1 spiro atoms. The van der Waals surface area contributed by atoms with Crippen LogP contribution in [0.3, 0.4) is 0 Å². The Morgan fingerprint density at radius 2 is 1.76 bits per heavy atom. The van der Waals surface area contributed by atoms with Crippen molar-refractivity contribution in [1.29, 1.82) is 0 Å². The number of nitrogens with one attached hydrogen (secondary N) is 1. The van der Waals surface area contributed by atoms with Crippen molar-refractivity contribution < 1.29 is 17.6 Å². The van der Waals surface area contributed by atoms with E-state index in [0.717, 1.165) is 11.8 Å². The topological polar surface area (TPSA) is 71.8 Å². The monoisotopic (exact) mass is 525 g/mol. The highest BCUT2D eigenvalue weighted by atomic mass is 19.3. The second kappa shape index (κ2) is 8.72. The van der Waals surface area contributed by atoms with Gasteiger partial charge in [-0.1, -0.05) is 6.07 Å². The molecule has 1 aromatic carbocycles. The van der Waals surface area contributed by atoms with Gasteiger partial charge in [-0.05, 0) is 44.5 Å². The van der Waals surface area contributed by atoms with E-state index in [0.29, 0.717) is 36.8 Å². The molecule has 0 bridgehead atoms. The Hall–Kier alpha value is -3.60. The maximum Gasteiger partial charge on any atom is 0.249 e. The van der Waals surface area contributed by atoms with Gasteiger partial charge in [0.1, 0.15) is 22.9 Å². The normalized spacial score (nSPS) is 18.1. The lowest BCUT2D eigenvalue weighted by atomic mass is 9.61. The summed E-state index contributed by atoms with van der Waals surface area (Å²) in [4.78, 5) is 19.2. The van der Waals surface area contributed by atoms with Gasteiger partial charge in [0.15, 0.2) is 11.6 Å². The molecular formula is C27H27F4N7. The second-order valence-electron chi connectivity index (χ2n) is 10.9. The van der Waals surface area contributed by atoms with Crippen molar-refractivity contribution in [2.45, 2.75) is 52.1 Å². The number of likely N-dealkylation sites (tertiary alicyclic amines) is 1. The van der Waals surface area contributed by atoms with E-state index < -0.39 is 17.6 Å². The average molecular weight is 526 g/mol. The number of halogens is 4. The Bertz CT molecular complexity index is 1510. The van der Waals surface area contributed by atoms with Crippen LogP contribution < -0.4 is 5.32 Å². The zero-order valence-corrected chi connectivity index (χ0v) is 21.3. The number of alkyl halides is 2. The highest BCUT2D eigenvalue weighted by Gasteiger charge is 2.61. The van der Waals surface area contributed by atoms with Gasteiger partial charge in [0.25, 0.3) is 0 Å². The number of anilines is 2. The summed E-state index contributed by atoms with van der Waals surface area (Å²) in [5.41, 5.74) is 1.78. The first-order valence-electron chi connectivity index (χ1n) is 12.5. The smallest absolute Gasteiger partial charge is 0.249 e. The number of hydrogen-bond donors (Lipinski definition) is 1. The van der Waals surface area contributed by atoms with Crippen molar-refractivity contribution >= 4 is 22.8 Å². The van der Waals surface area contributed by atoms with E-state index in [1.54, 1.807) is 25.3 Å². The molecule has 3 aromatic heterocycles. The van der Waals surface area contributed by atoms with Gasteiger partial charge in [0.05, 0.1) is 11.7 Å². The summed E-state index contributed by atoms with van der Waals surface area (Å²) < 4.78 is 58.0. The van der Waals surface area contributed by atoms with Gasteiger partial charge in [0.2, 0.25) is 11.9 Å². The first kappa shape index (κ1) is 24.7. The van der Waals surface area contributed by atoms with Crippen LogP contribution in [0.1, 0.15) is 44.1 Å². The fourth-order valence-corrected chi connectivity index (χ4v) is 5.94. The fourth-order valence-electron chi connectivity index (χ4n) is 5.94. The van der Waals surface area contributed by atoms with E-state index >= 15 is 0 Å². The standard InChI is InChI=1S/C27H27F4N7/c1-15(2)38-16(3)34-24-19(28)6-18(7-21(24)38)23-20(29)9-33-25(36-23)35-22-5-4-17(8-32-22)10-37-13-26(14-37)11-27(30,31)12-26/h4-9,15H,10-14H2,1-3H3,(H,32,33,35,36). The molecule has 1 aliphatic heterocycles. The Kier molecular flexibility index (Phi) is 5.67. The Balaban J connectivity index is 1.18.